The average Bonchev–Trinajstić information content (AvgIpc) is 3.23. The number of hydrogen-bond acceptors (Lipinski definition) is 5. The number of carbonyl (C=O) groups excluding carboxylic acids is 1. The topological polar surface area (TPSA) is 77.2 Å². The van der Waals surface area contributed by atoms with E-state index in [4.69, 9.17) is 9.26 Å². The summed E-state index contributed by atoms with van der Waals surface area (Å²) >= 11 is 0. The number of hydrogen-bond donors (Lipinski definition) is 1. The second-order valence-electron chi connectivity index (χ2n) is 7.22. The Morgan fingerprint density at radius 2 is 1.76 bits per heavy atom. The van der Waals surface area contributed by atoms with Gasteiger partial charge in [0, 0.05) is 44.5 Å². The van der Waals surface area contributed by atoms with E-state index < -0.39 is 0 Å². The number of rotatable bonds is 6. The lowest BCUT2D eigenvalue weighted by molar-refractivity contribution is 0.0828. The van der Waals surface area contributed by atoms with Gasteiger partial charge < -0.3 is 14.6 Å². The van der Waals surface area contributed by atoms with Crippen molar-refractivity contribution in [3.8, 4) is 11.1 Å². The summed E-state index contributed by atoms with van der Waals surface area (Å²) in [6, 6.07) is 12.1. The molecule has 3 heterocycles. The van der Waals surface area contributed by atoms with E-state index in [-0.39, 0.29) is 11.8 Å². The van der Waals surface area contributed by atoms with Crippen molar-refractivity contribution in [3.05, 3.63) is 71.4 Å². The maximum Gasteiger partial charge on any atom is 0.257 e. The zero-order chi connectivity index (χ0) is 20.1. The van der Waals surface area contributed by atoms with Gasteiger partial charge in [-0.1, -0.05) is 36.3 Å². The number of pyridine rings is 1. The number of aromatic nitrogens is 2. The Kier molecular flexibility index (Phi) is 6.00. The summed E-state index contributed by atoms with van der Waals surface area (Å²) < 4.78 is 10.9. The third-order valence-electron chi connectivity index (χ3n) is 5.37. The molecule has 1 N–H and O–H groups in total. The first kappa shape index (κ1) is 19.3. The molecule has 1 aliphatic rings. The zero-order valence-corrected chi connectivity index (χ0v) is 16.6. The summed E-state index contributed by atoms with van der Waals surface area (Å²) in [6.45, 7) is 3.83. The standard InChI is InChI=1S/C23H25N3O3/c1-2-20-21(22(26-29-20)19-9-13-28-14-10-19)23(27)25-15-16-3-5-17(6-4-16)18-7-11-24-12-8-18/h3-8,11-12,19H,2,9-10,13-15H2,1H3,(H,25,27). The quantitative estimate of drug-likeness (QED) is 0.684. The van der Waals surface area contributed by atoms with E-state index >= 15 is 0 Å². The summed E-state index contributed by atoms with van der Waals surface area (Å²) in [5.41, 5.74) is 4.66. The van der Waals surface area contributed by atoms with Gasteiger partial charge in [0.15, 0.2) is 0 Å². The highest BCUT2D eigenvalue weighted by Gasteiger charge is 2.28. The van der Waals surface area contributed by atoms with Crippen molar-refractivity contribution in [2.75, 3.05) is 13.2 Å². The number of carbonyl (C=O) groups is 1. The molecule has 0 spiro atoms. The highest BCUT2D eigenvalue weighted by Crippen LogP contribution is 2.30. The summed E-state index contributed by atoms with van der Waals surface area (Å²) in [7, 11) is 0. The van der Waals surface area contributed by atoms with E-state index in [9.17, 15) is 4.79 Å². The van der Waals surface area contributed by atoms with E-state index in [2.05, 4.69) is 27.6 Å². The summed E-state index contributed by atoms with van der Waals surface area (Å²) in [5, 5.41) is 7.27. The van der Waals surface area contributed by atoms with Crippen LogP contribution in [0.3, 0.4) is 0 Å². The van der Waals surface area contributed by atoms with Crippen molar-refractivity contribution in [2.45, 2.75) is 38.6 Å². The summed E-state index contributed by atoms with van der Waals surface area (Å²) in [5.74, 6) is 0.744. The Morgan fingerprint density at radius 3 is 2.45 bits per heavy atom. The normalized spacial score (nSPS) is 14.7. The van der Waals surface area contributed by atoms with Crippen molar-refractivity contribution in [3.63, 3.8) is 0 Å². The Hall–Kier alpha value is -2.99. The van der Waals surface area contributed by atoms with Gasteiger partial charge in [-0.05, 0) is 41.7 Å². The van der Waals surface area contributed by atoms with Crippen LogP contribution >= 0.6 is 0 Å². The molecule has 150 valence electrons. The number of nitrogens with zero attached hydrogens (tertiary/aromatic N) is 2. The molecule has 1 aliphatic heterocycles. The zero-order valence-electron chi connectivity index (χ0n) is 16.6. The van der Waals surface area contributed by atoms with Crippen LogP contribution in [0.25, 0.3) is 11.1 Å². The van der Waals surface area contributed by atoms with Crippen molar-refractivity contribution in [1.29, 1.82) is 0 Å². The molecule has 0 unspecified atom stereocenters. The monoisotopic (exact) mass is 391 g/mol. The van der Waals surface area contributed by atoms with Gasteiger partial charge in [0.1, 0.15) is 11.3 Å². The fraction of sp³-hybridized carbons (Fsp3) is 0.348. The van der Waals surface area contributed by atoms with Crippen LogP contribution in [0.5, 0.6) is 0 Å². The SMILES string of the molecule is CCc1onc(C2CCOCC2)c1C(=O)NCc1ccc(-c2ccncc2)cc1. The number of ether oxygens (including phenoxy) is 1. The van der Waals surface area contributed by atoms with Gasteiger partial charge in [-0.2, -0.15) is 0 Å². The highest BCUT2D eigenvalue weighted by atomic mass is 16.5. The maximum absolute atomic E-state index is 13.0. The van der Waals surface area contributed by atoms with E-state index in [1.54, 1.807) is 12.4 Å². The fourth-order valence-electron chi connectivity index (χ4n) is 3.70. The molecule has 0 atom stereocenters. The number of nitrogens with one attached hydrogen (secondary N) is 1. The molecule has 0 radical (unpaired) electrons. The molecule has 2 aromatic heterocycles. The number of aryl methyl sites for hydroxylation is 1. The van der Waals surface area contributed by atoms with E-state index in [1.807, 2.05) is 31.2 Å². The first-order chi connectivity index (χ1) is 14.3. The van der Waals surface area contributed by atoms with Crippen LogP contribution in [0, 0.1) is 0 Å². The van der Waals surface area contributed by atoms with Crippen molar-refractivity contribution >= 4 is 5.91 Å². The van der Waals surface area contributed by atoms with E-state index in [0.29, 0.717) is 37.5 Å². The predicted octanol–water partition coefficient (Wildman–Crippen LogP) is 4.12. The molecule has 1 amide bonds. The molecule has 1 aromatic carbocycles. The lowest BCUT2D eigenvalue weighted by Crippen LogP contribution is -2.26. The van der Waals surface area contributed by atoms with Gasteiger partial charge in [0.2, 0.25) is 0 Å². The third kappa shape index (κ3) is 4.38. The van der Waals surface area contributed by atoms with Crippen LogP contribution in [-0.2, 0) is 17.7 Å². The van der Waals surface area contributed by atoms with Crippen LogP contribution in [0.1, 0.15) is 53.1 Å². The smallest absolute Gasteiger partial charge is 0.257 e. The van der Waals surface area contributed by atoms with Crippen molar-refractivity contribution in [2.24, 2.45) is 0 Å². The number of amides is 1. The average molecular weight is 391 g/mol. The fourth-order valence-corrected chi connectivity index (χ4v) is 3.70. The molecule has 1 saturated heterocycles. The van der Waals surface area contributed by atoms with Crippen LogP contribution in [0.15, 0.2) is 53.3 Å². The second-order valence-corrected chi connectivity index (χ2v) is 7.22. The molecule has 6 nitrogen and oxygen atoms in total. The molecule has 4 rings (SSSR count). The van der Waals surface area contributed by atoms with Gasteiger partial charge in [-0.15, -0.1) is 0 Å². The van der Waals surface area contributed by atoms with E-state index in [1.165, 1.54) is 0 Å². The Morgan fingerprint density at radius 1 is 1.07 bits per heavy atom. The number of benzene rings is 1. The van der Waals surface area contributed by atoms with Crippen molar-refractivity contribution < 1.29 is 14.1 Å². The Labute approximate surface area is 170 Å². The second kappa shape index (κ2) is 9.01. The van der Waals surface area contributed by atoms with Crippen molar-refractivity contribution in [1.82, 2.24) is 15.5 Å². The third-order valence-corrected chi connectivity index (χ3v) is 5.37. The van der Waals surface area contributed by atoms with Crippen LogP contribution in [-0.4, -0.2) is 29.3 Å². The van der Waals surface area contributed by atoms with Gasteiger partial charge in [0.25, 0.3) is 5.91 Å². The van der Waals surface area contributed by atoms with Crippen LogP contribution in [0.4, 0.5) is 0 Å². The van der Waals surface area contributed by atoms with Gasteiger partial charge in [0.05, 0.1) is 5.69 Å². The first-order valence-electron chi connectivity index (χ1n) is 10.1. The lowest BCUT2D eigenvalue weighted by Gasteiger charge is -2.20. The van der Waals surface area contributed by atoms with Gasteiger partial charge in [-0.25, -0.2) is 0 Å². The van der Waals surface area contributed by atoms with Crippen LogP contribution in [0.2, 0.25) is 0 Å². The van der Waals surface area contributed by atoms with Gasteiger partial charge in [-0.3, -0.25) is 9.78 Å². The largest absolute Gasteiger partial charge is 0.381 e. The van der Waals surface area contributed by atoms with Gasteiger partial charge >= 0.3 is 0 Å². The molecule has 0 aliphatic carbocycles. The molecule has 0 bridgehead atoms. The minimum atomic E-state index is -0.122. The Bertz CT molecular complexity index is 945. The summed E-state index contributed by atoms with van der Waals surface area (Å²) in [6.07, 6.45) is 5.94. The van der Waals surface area contributed by atoms with E-state index in [0.717, 1.165) is 35.2 Å². The molecule has 29 heavy (non-hydrogen) atoms. The summed E-state index contributed by atoms with van der Waals surface area (Å²) in [4.78, 5) is 17.0. The first-order valence-corrected chi connectivity index (χ1v) is 10.1. The Balaban J connectivity index is 1.45. The van der Waals surface area contributed by atoms with Crippen LogP contribution < -0.4 is 5.32 Å². The predicted molar refractivity (Wildman–Crippen MR) is 110 cm³/mol. The lowest BCUT2D eigenvalue weighted by atomic mass is 9.92. The molecule has 1 fully saturated rings. The molecule has 0 saturated carbocycles. The molecule has 3 aromatic rings. The minimum Gasteiger partial charge on any atom is -0.381 e. The molecular weight excluding hydrogens is 366 g/mol. The minimum absolute atomic E-state index is 0.122. The molecular formula is C23H25N3O3. The molecule has 6 heteroatoms. The maximum atomic E-state index is 13.0. The highest BCUT2D eigenvalue weighted by molar-refractivity contribution is 5.96.